The first-order valence-corrected chi connectivity index (χ1v) is 8.32. The lowest BCUT2D eigenvalue weighted by molar-refractivity contribution is -0.129. The van der Waals surface area contributed by atoms with E-state index in [0.717, 1.165) is 44.7 Å². The molecule has 7 nitrogen and oxygen atoms in total. The van der Waals surface area contributed by atoms with Gasteiger partial charge in [0, 0.05) is 46.1 Å². The molecule has 1 saturated heterocycles. The largest absolute Gasteiger partial charge is 0.381 e. The van der Waals surface area contributed by atoms with E-state index in [0.29, 0.717) is 12.6 Å². The van der Waals surface area contributed by atoms with Gasteiger partial charge < -0.3 is 19.7 Å². The molecule has 2 aliphatic rings. The number of rotatable bonds is 5. The van der Waals surface area contributed by atoms with Gasteiger partial charge in [0.1, 0.15) is 12.6 Å². The van der Waals surface area contributed by atoms with E-state index >= 15 is 0 Å². The number of carbonyl (C=O) groups is 1. The number of nitrogens with zero attached hydrogens (tertiary/aromatic N) is 3. The number of fused-ring (bicyclic) bond motifs is 1. The molecule has 0 unspecified atom stereocenters. The number of hydrogen-bond acceptors (Lipinski definition) is 5. The van der Waals surface area contributed by atoms with Gasteiger partial charge in [0.15, 0.2) is 0 Å². The van der Waals surface area contributed by atoms with Crippen LogP contribution in [0.4, 0.5) is 0 Å². The zero-order valence-corrected chi connectivity index (χ0v) is 14.0. The molecule has 1 aromatic rings. The summed E-state index contributed by atoms with van der Waals surface area (Å²) in [5, 5.41) is 8.17. The van der Waals surface area contributed by atoms with Crippen LogP contribution in [0.2, 0.25) is 0 Å². The standard InChI is InChI=1S/C16H26N4O3/c1-19(2)15(21)11-20-10-12-3-8-23-14(16(12)18-20)9-17-13-4-6-22-7-5-13/h10,13-14,17H,3-9,11H2,1-2H3/t14-/m1/s1. The van der Waals surface area contributed by atoms with Gasteiger partial charge in [-0.1, -0.05) is 0 Å². The van der Waals surface area contributed by atoms with Crippen LogP contribution in [0, 0.1) is 0 Å². The SMILES string of the molecule is CN(C)C(=O)Cn1cc2c(n1)[C@@H](CNC1CCOCC1)OCC2. The van der Waals surface area contributed by atoms with Crippen molar-refractivity contribution in [2.24, 2.45) is 0 Å². The van der Waals surface area contributed by atoms with Gasteiger partial charge in [-0.15, -0.1) is 0 Å². The maximum atomic E-state index is 11.8. The fourth-order valence-electron chi connectivity index (χ4n) is 3.02. The minimum absolute atomic E-state index is 0.0303. The Morgan fingerprint density at radius 1 is 1.39 bits per heavy atom. The topological polar surface area (TPSA) is 68.6 Å². The highest BCUT2D eigenvalue weighted by atomic mass is 16.5. The van der Waals surface area contributed by atoms with E-state index in [4.69, 9.17) is 9.47 Å². The maximum Gasteiger partial charge on any atom is 0.243 e. The summed E-state index contributed by atoms with van der Waals surface area (Å²) in [4.78, 5) is 13.4. The second kappa shape index (κ2) is 7.42. The molecule has 3 heterocycles. The molecule has 23 heavy (non-hydrogen) atoms. The molecule has 3 rings (SSSR count). The van der Waals surface area contributed by atoms with Crippen molar-refractivity contribution in [2.75, 3.05) is 40.5 Å². The molecule has 0 spiro atoms. The normalized spacial score (nSPS) is 21.9. The minimum Gasteiger partial charge on any atom is -0.381 e. The molecule has 0 aromatic carbocycles. The van der Waals surface area contributed by atoms with E-state index in [9.17, 15) is 4.79 Å². The Morgan fingerprint density at radius 2 is 2.17 bits per heavy atom. The summed E-state index contributed by atoms with van der Waals surface area (Å²) in [6.07, 6.45) is 4.91. The van der Waals surface area contributed by atoms with E-state index in [1.54, 1.807) is 23.7 Å². The molecule has 0 radical (unpaired) electrons. The molecule has 1 amide bonds. The molecule has 1 aromatic heterocycles. The number of ether oxygens (including phenoxy) is 2. The van der Waals surface area contributed by atoms with Gasteiger partial charge in [0.05, 0.1) is 12.3 Å². The van der Waals surface area contributed by atoms with Crippen molar-refractivity contribution in [3.05, 3.63) is 17.5 Å². The number of amides is 1. The fourth-order valence-corrected chi connectivity index (χ4v) is 3.02. The first-order chi connectivity index (χ1) is 11.1. The highest BCUT2D eigenvalue weighted by Gasteiger charge is 2.26. The fraction of sp³-hybridized carbons (Fsp3) is 0.750. The van der Waals surface area contributed by atoms with Gasteiger partial charge in [0.2, 0.25) is 5.91 Å². The first-order valence-electron chi connectivity index (χ1n) is 8.32. The average molecular weight is 322 g/mol. The molecule has 7 heteroatoms. The van der Waals surface area contributed by atoms with Crippen LogP contribution in [0.25, 0.3) is 0 Å². The molecule has 1 atom stereocenters. The number of hydrogen-bond donors (Lipinski definition) is 1. The van der Waals surface area contributed by atoms with Gasteiger partial charge in [0.25, 0.3) is 0 Å². The Morgan fingerprint density at radius 3 is 2.91 bits per heavy atom. The lowest BCUT2D eigenvalue weighted by Gasteiger charge is -2.27. The van der Waals surface area contributed by atoms with E-state index < -0.39 is 0 Å². The highest BCUT2D eigenvalue weighted by Crippen LogP contribution is 2.25. The highest BCUT2D eigenvalue weighted by molar-refractivity contribution is 5.75. The zero-order valence-electron chi connectivity index (χ0n) is 14.0. The lowest BCUT2D eigenvalue weighted by atomic mass is 10.0. The van der Waals surface area contributed by atoms with Gasteiger partial charge >= 0.3 is 0 Å². The Labute approximate surface area is 136 Å². The summed E-state index contributed by atoms with van der Waals surface area (Å²) < 4.78 is 13.0. The lowest BCUT2D eigenvalue weighted by Crippen LogP contribution is -2.38. The summed E-state index contributed by atoms with van der Waals surface area (Å²) in [6, 6.07) is 0.495. The average Bonchev–Trinajstić information content (AvgIpc) is 2.96. The number of likely N-dealkylation sites (N-methyl/N-ethyl adjacent to an activating group) is 1. The minimum atomic E-state index is -0.0303. The summed E-state index contributed by atoms with van der Waals surface area (Å²) in [6.45, 7) is 3.41. The Balaban J connectivity index is 1.61. The van der Waals surface area contributed by atoms with Gasteiger partial charge in [-0.05, 0) is 24.8 Å². The van der Waals surface area contributed by atoms with Crippen molar-refractivity contribution >= 4 is 5.91 Å². The third-order valence-corrected chi connectivity index (χ3v) is 4.47. The van der Waals surface area contributed by atoms with E-state index in [-0.39, 0.29) is 18.6 Å². The van der Waals surface area contributed by atoms with Crippen LogP contribution >= 0.6 is 0 Å². The molecule has 1 fully saturated rings. The molecule has 1 N–H and O–H groups in total. The van der Waals surface area contributed by atoms with E-state index in [2.05, 4.69) is 10.4 Å². The molecule has 0 bridgehead atoms. The quantitative estimate of drug-likeness (QED) is 0.847. The van der Waals surface area contributed by atoms with Crippen LogP contribution in [-0.4, -0.2) is 67.1 Å². The van der Waals surface area contributed by atoms with Crippen molar-refractivity contribution < 1.29 is 14.3 Å². The van der Waals surface area contributed by atoms with Crippen molar-refractivity contribution in [3.8, 4) is 0 Å². The third kappa shape index (κ3) is 4.10. The summed E-state index contributed by atoms with van der Waals surface area (Å²) in [7, 11) is 3.52. The predicted octanol–water partition coefficient (Wildman–Crippen LogP) is 0.354. The predicted molar refractivity (Wildman–Crippen MR) is 85.2 cm³/mol. The second-order valence-electron chi connectivity index (χ2n) is 6.43. The monoisotopic (exact) mass is 322 g/mol. The number of carbonyl (C=O) groups excluding carboxylic acids is 1. The van der Waals surface area contributed by atoms with Gasteiger partial charge in [-0.3, -0.25) is 9.48 Å². The third-order valence-electron chi connectivity index (χ3n) is 4.47. The zero-order chi connectivity index (χ0) is 16.2. The van der Waals surface area contributed by atoms with Crippen molar-refractivity contribution in [1.82, 2.24) is 20.0 Å². The summed E-state index contributed by atoms with van der Waals surface area (Å²) >= 11 is 0. The van der Waals surface area contributed by atoms with Crippen LogP contribution in [0.5, 0.6) is 0 Å². The van der Waals surface area contributed by atoms with Crippen molar-refractivity contribution in [3.63, 3.8) is 0 Å². The van der Waals surface area contributed by atoms with Crippen LogP contribution in [0.15, 0.2) is 6.20 Å². The number of aromatic nitrogens is 2. The number of nitrogens with one attached hydrogen (secondary N) is 1. The second-order valence-corrected chi connectivity index (χ2v) is 6.43. The summed E-state index contributed by atoms with van der Waals surface area (Å²) in [5.74, 6) is 0.0441. The van der Waals surface area contributed by atoms with Crippen molar-refractivity contribution in [1.29, 1.82) is 0 Å². The Hall–Kier alpha value is -1.44. The molecule has 128 valence electrons. The molecule has 0 aliphatic carbocycles. The molecule has 0 saturated carbocycles. The van der Waals surface area contributed by atoms with Crippen LogP contribution < -0.4 is 5.32 Å². The Bertz CT molecular complexity index is 537. The first kappa shape index (κ1) is 16.4. The van der Waals surface area contributed by atoms with E-state index in [1.165, 1.54) is 5.56 Å². The Kier molecular flexibility index (Phi) is 5.30. The van der Waals surface area contributed by atoms with E-state index in [1.807, 2.05) is 6.20 Å². The molecular formula is C16H26N4O3. The van der Waals surface area contributed by atoms with Gasteiger partial charge in [-0.2, -0.15) is 5.10 Å². The van der Waals surface area contributed by atoms with Crippen molar-refractivity contribution in [2.45, 2.75) is 38.0 Å². The van der Waals surface area contributed by atoms with Gasteiger partial charge in [-0.25, -0.2) is 0 Å². The molecule has 2 aliphatic heterocycles. The summed E-state index contributed by atoms with van der Waals surface area (Å²) in [5.41, 5.74) is 2.17. The van der Waals surface area contributed by atoms with Crippen LogP contribution in [-0.2, 0) is 27.2 Å². The van der Waals surface area contributed by atoms with Crippen LogP contribution in [0.3, 0.4) is 0 Å². The maximum absolute atomic E-state index is 11.8. The smallest absolute Gasteiger partial charge is 0.243 e. The molecular weight excluding hydrogens is 296 g/mol. The van der Waals surface area contributed by atoms with Crippen LogP contribution in [0.1, 0.15) is 30.2 Å².